The summed E-state index contributed by atoms with van der Waals surface area (Å²) in [6.07, 6.45) is 3.90. The molecule has 0 amide bonds. The zero-order valence-electron chi connectivity index (χ0n) is 10.2. The van der Waals surface area contributed by atoms with E-state index in [1.54, 1.807) is 11.8 Å². The Hall–Kier alpha value is -1.03. The molecule has 0 saturated heterocycles. The summed E-state index contributed by atoms with van der Waals surface area (Å²) < 4.78 is 4.66. The first-order valence-corrected chi connectivity index (χ1v) is 6.79. The second-order valence-electron chi connectivity index (χ2n) is 4.32. The van der Waals surface area contributed by atoms with E-state index < -0.39 is 0 Å². The molecule has 1 aliphatic rings. The van der Waals surface area contributed by atoms with Gasteiger partial charge in [-0.2, -0.15) is 0 Å². The summed E-state index contributed by atoms with van der Waals surface area (Å²) in [7, 11) is 1.42. The van der Waals surface area contributed by atoms with Crippen molar-refractivity contribution < 1.29 is 9.53 Å². The smallest absolute Gasteiger partial charge is 0.306 e. The van der Waals surface area contributed by atoms with Crippen LogP contribution in [0.5, 0.6) is 0 Å². The molecule has 0 aromatic carbocycles. The third-order valence-electron chi connectivity index (χ3n) is 2.91. The highest BCUT2D eigenvalue weighted by Gasteiger charge is 2.15. The summed E-state index contributed by atoms with van der Waals surface area (Å²) in [6, 6.07) is 4.23. The number of thioether (sulfide) groups is 1. The van der Waals surface area contributed by atoms with Crippen LogP contribution in [0.15, 0.2) is 17.2 Å². The van der Waals surface area contributed by atoms with Gasteiger partial charge in [0.15, 0.2) is 0 Å². The van der Waals surface area contributed by atoms with E-state index in [2.05, 4.69) is 21.9 Å². The number of aryl methyl sites for hydroxylation is 2. The molecule has 2 rings (SSSR count). The summed E-state index contributed by atoms with van der Waals surface area (Å²) >= 11 is 1.64. The number of pyridine rings is 1. The maximum atomic E-state index is 11.1. The minimum atomic E-state index is -0.161. The molecule has 0 spiro atoms. The van der Waals surface area contributed by atoms with Gasteiger partial charge in [-0.25, -0.2) is 4.98 Å². The first-order valence-electron chi connectivity index (χ1n) is 5.91. The fraction of sp³-hybridized carbons (Fsp3) is 0.538. The summed E-state index contributed by atoms with van der Waals surface area (Å²) in [5, 5.41) is 1.22. The Bertz CT molecular complexity index is 420. The average Bonchev–Trinajstić information content (AvgIpc) is 2.75. The highest BCUT2D eigenvalue weighted by Crippen LogP contribution is 2.27. The number of carbonyl (C=O) groups excluding carboxylic acids is 1. The van der Waals surface area contributed by atoms with E-state index in [1.807, 2.05) is 6.92 Å². The lowest BCUT2D eigenvalue weighted by molar-refractivity contribution is -0.140. The van der Waals surface area contributed by atoms with Crippen LogP contribution in [0, 0.1) is 0 Å². The number of aromatic nitrogens is 1. The van der Waals surface area contributed by atoms with E-state index in [4.69, 9.17) is 0 Å². The first kappa shape index (κ1) is 12.4. The van der Waals surface area contributed by atoms with Gasteiger partial charge >= 0.3 is 5.97 Å². The quantitative estimate of drug-likeness (QED) is 0.609. The van der Waals surface area contributed by atoms with E-state index in [-0.39, 0.29) is 11.2 Å². The van der Waals surface area contributed by atoms with Crippen LogP contribution in [-0.4, -0.2) is 23.3 Å². The van der Waals surface area contributed by atoms with E-state index >= 15 is 0 Å². The zero-order valence-corrected chi connectivity index (χ0v) is 11.0. The molecule has 1 heterocycles. The lowest BCUT2D eigenvalue weighted by Crippen LogP contribution is -2.08. The van der Waals surface area contributed by atoms with Crippen LogP contribution in [0.3, 0.4) is 0 Å². The number of ether oxygens (including phenoxy) is 1. The molecule has 1 aromatic rings. The average molecular weight is 251 g/mol. The van der Waals surface area contributed by atoms with Crippen molar-refractivity contribution in [3.63, 3.8) is 0 Å². The number of hydrogen-bond donors (Lipinski definition) is 0. The van der Waals surface area contributed by atoms with Gasteiger partial charge in [-0.15, -0.1) is 11.8 Å². The van der Waals surface area contributed by atoms with Crippen molar-refractivity contribution in [2.24, 2.45) is 0 Å². The van der Waals surface area contributed by atoms with Crippen LogP contribution in [0.4, 0.5) is 0 Å². The number of methoxy groups -OCH3 is 1. The van der Waals surface area contributed by atoms with Gasteiger partial charge in [0.05, 0.1) is 18.6 Å². The van der Waals surface area contributed by atoms with Crippen molar-refractivity contribution in [1.29, 1.82) is 0 Å². The van der Waals surface area contributed by atoms with Crippen molar-refractivity contribution in [3.8, 4) is 0 Å². The molecule has 1 atom stereocenters. The van der Waals surface area contributed by atoms with Crippen LogP contribution in [0.2, 0.25) is 0 Å². The second kappa shape index (κ2) is 5.54. The number of hydrogen-bond acceptors (Lipinski definition) is 4. The Morgan fingerprint density at radius 2 is 2.35 bits per heavy atom. The second-order valence-corrected chi connectivity index (χ2v) is 5.78. The molecule has 0 fully saturated rings. The Labute approximate surface area is 106 Å². The molecule has 3 nitrogen and oxygen atoms in total. The maximum Gasteiger partial charge on any atom is 0.306 e. The summed E-state index contributed by atoms with van der Waals surface area (Å²) in [6.45, 7) is 2.02. The fourth-order valence-electron chi connectivity index (χ4n) is 2.03. The van der Waals surface area contributed by atoms with Crippen molar-refractivity contribution in [2.75, 3.05) is 7.11 Å². The highest BCUT2D eigenvalue weighted by molar-refractivity contribution is 7.99. The normalized spacial score (nSPS) is 15.4. The molecule has 92 valence electrons. The zero-order chi connectivity index (χ0) is 12.3. The summed E-state index contributed by atoms with van der Waals surface area (Å²) in [4.78, 5) is 15.8. The highest BCUT2D eigenvalue weighted by atomic mass is 32.2. The first-order chi connectivity index (χ1) is 8.19. The molecule has 0 aliphatic heterocycles. The number of carbonyl (C=O) groups is 1. The number of nitrogens with zero attached hydrogens (tertiary/aromatic N) is 1. The van der Waals surface area contributed by atoms with Gasteiger partial charge in [0, 0.05) is 10.9 Å². The number of fused-ring (bicyclic) bond motifs is 1. The fourth-order valence-corrected chi connectivity index (χ4v) is 2.97. The predicted octanol–water partition coefficient (Wildman–Crippen LogP) is 2.61. The third kappa shape index (κ3) is 3.22. The van der Waals surface area contributed by atoms with Gasteiger partial charge in [0.2, 0.25) is 0 Å². The van der Waals surface area contributed by atoms with Gasteiger partial charge in [0.1, 0.15) is 0 Å². The molecule has 1 unspecified atom stereocenters. The van der Waals surface area contributed by atoms with Gasteiger partial charge in [0.25, 0.3) is 0 Å². The van der Waals surface area contributed by atoms with Crippen LogP contribution in [-0.2, 0) is 22.4 Å². The van der Waals surface area contributed by atoms with Crippen LogP contribution in [0.25, 0.3) is 0 Å². The molecular weight excluding hydrogens is 234 g/mol. The van der Waals surface area contributed by atoms with E-state index in [0.29, 0.717) is 6.42 Å². The molecular formula is C13H17NO2S. The molecule has 0 saturated carbocycles. The predicted molar refractivity (Wildman–Crippen MR) is 68.2 cm³/mol. The van der Waals surface area contributed by atoms with Crippen LogP contribution < -0.4 is 0 Å². The molecule has 0 radical (unpaired) electrons. The largest absolute Gasteiger partial charge is 0.469 e. The van der Waals surface area contributed by atoms with Crippen molar-refractivity contribution in [1.82, 2.24) is 4.98 Å². The number of rotatable bonds is 4. The van der Waals surface area contributed by atoms with Crippen molar-refractivity contribution in [3.05, 3.63) is 23.4 Å². The van der Waals surface area contributed by atoms with E-state index in [0.717, 1.165) is 17.9 Å². The third-order valence-corrected chi connectivity index (χ3v) is 3.94. The minimum Gasteiger partial charge on any atom is -0.469 e. The Kier molecular flexibility index (Phi) is 4.05. The van der Waals surface area contributed by atoms with Crippen molar-refractivity contribution >= 4 is 17.7 Å². The van der Waals surface area contributed by atoms with Crippen LogP contribution >= 0.6 is 11.8 Å². The van der Waals surface area contributed by atoms with E-state index in [9.17, 15) is 4.79 Å². The lowest BCUT2D eigenvalue weighted by Gasteiger charge is -2.10. The maximum absolute atomic E-state index is 11.1. The number of esters is 1. The molecule has 1 aliphatic carbocycles. The van der Waals surface area contributed by atoms with Gasteiger partial charge in [-0.1, -0.05) is 13.0 Å². The lowest BCUT2D eigenvalue weighted by atomic mass is 10.2. The molecule has 0 N–H and O–H groups in total. The van der Waals surface area contributed by atoms with Gasteiger partial charge in [-0.05, 0) is 30.9 Å². The topological polar surface area (TPSA) is 39.2 Å². The Morgan fingerprint density at radius 3 is 3.12 bits per heavy atom. The standard InChI is InChI=1S/C13H17NO2S/c1-9(8-13(15)16-2)17-12-7-6-10-4-3-5-11(10)14-12/h6-7,9H,3-5,8H2,1-2H3. The molecule has 0 bridgehead atoms. The Balaban J connectivity index is 1.97. The molecule has 17 heavy (non-hydrogen) atoms. The molecule has 1 aromatic heterocycles. The minimum absolute atomic E-state index is 0.161. The van der Waals surface area contributed by atoms with E-state index in [1.165, 1.54) is 24.8 Å². The monoisotopic (exact) mass is 251 g/mol. The SMILES string of the molecule is COC(=O)CC(C)Sc1ccc2c(n1)CCC2. The van der Waals surface area contributed by atoms with Gasteiger partial charge in [-0.3, -0.25) is 4.79 Å². The van der Waals surface area contributed by atoms with Crippen molar-refractivity contribution in [2.45, 2.75) is 42.9 Å². The summed E-state index contributed by atoms with van der Waals surface area (Å²) in [5.41, 5.74) is 2.62. The molecule has 4 heteroatoms. The van der Waals surface area contributed by atoms with Crippen LogP contribution in [0.1, 0.15) is 31.0 Å². The van der Waals surface area contributed by atoms with Gasteiger partial charge < -0.3 is 4.74 Å². The summed E-state index contributed by atoms with van der Waals surface area (Å²) in [5.74, 6) is -0.161. The Morgan fingerprint density at radius 1 is 1.53 bits per heavy atom.